The Balaban J connectivity index is 1.55. The third-order valence-electron chi connectivity index (χ3n) is 5.08. The van der Waals surface area contributed by atoms with Gasteiger partial charge in [-0.15, -0.1) is 0 Å². The van der Waals surface area contributed by atoms with E-state index in [1.807, 2.05) is 0 Å². The van der Waals surface area contributed by atoms with Crippen molar-refractivity contribution in [1.82, 2.24) is 0 Å². The van der Waals surface area contributed by atoms with Crippen molar-refractivity contribution < 1.29 is 24.0 Å². The van der Waals surface area contributed by atoms with Crippen LogP contribution in [0.25, 0.3) is 0 Å². The Morgan fingerprint density at radius 1 is 0.771 bits per heavy atom. The van der Waals surface area contributed by atoms with E-state index in [4.69, 9.17) is 21.1 Å². The van der Waals surface area contributed by atoms with Crippen LogP contribution in [0.1, 0.15) is 32.4 Å². The fourth-order valence-corrected chi connectivity index (χ4v) is 3.56. The van der Waals surface area contributed by atoms with Gasteiger partial charge in [-0.1, -0.05) is 78.3 Å². The zero-order valence-electron chi connectivity index (χ0n) is 18.2. The van der Waals surface area contributed by atoms with Gasteiger partial charge in [-0.3, -0.25) is 14.9 Å². The van der Waals surface area contributed by atoms with Gasteiger partial charge in [0.15, 0.2) is 6.10 Å². The Kier molecular flexibility index (Phi) is 7.18. The summed E-state index contributed by atoms with van der Waals surface area (Å²) >= 11 is 6.07. The van der Waals surface area contributed by atoms with E-state index in [1.54, 1.807) is 60.7 Å². The molecule has 0 bridgehead atoms. The number of nitro groups is 1. The number of Topliss-reactive ketones (excluding diaryl/α,β-unsaturated/α-hetero) is 1. The first kappa shape index (κ1) is 23.7. The maximum atomic E-state index is 13.1. The summed E-state index contributed by atoms with van der Waals surface area (Å²) in [6.45, 7) is 0. The summed E-state index contributed by atoms with van der Waals surface area (Å²) in [5.41, 5.74) is 0.846. The smallest absolute Gasteiger partial charge is 0.339 e. The summed E-state index contributed by atoms with van der Waals surface area (Å²) in [5.74, 6) is -0.931. The van der Waals surface area contributed by atoms with Crippen molar-refractivity contribution in [3.05, 3.63) is 135 Å². The lowest BCUT2D eigenvalue weighted by atomic mass is 10.00. The number of ketones is 1. The number of hydrogen-bond donors (Lipinski definition) is 0. The van der Waals surface area contributed by atoms with Gasteiger partial charge in [-0.2, -0.15) is 0 Å². The molecule has 1 atom stereocenters. The number of carbonyl (C=O) groups is 2. The normalized spacial score (nSPS) is 11.3. The van der Waals surface area contributed by atoms with Crippen LogP contribution in [-0.4, -0.2) is 16.7 Å². The fourth-order valence-electron chi connectivity index (χ4n) is 3.35. The second-order valence-electron chi connectivity index (χ2n) is 7.40. The first-order chi connectivity index (χ1) is 16.9. The number of rotatable bonds is 8. The van der Waals surface area contributed by atoms with E-state index in [0.29, 0.717) is 11.1 Å². The largest absolute Gasteiger partial charge is 0.449 e. The molecule has 0 heterocycles. The van der Waals surface area contributed by atoms with Gasteiger partial charge in [0.25, 0.3) is 0 Å². The van der Waals surface area contributed by atoms with Crippen LogP contribution in [0.5, 0.6) is 11.5 Å². The topological polar surface area (TPSA) is 95.7 Å². The van der Waals surface area contributed by atoms with Crippen LogP contribution in [0, 0.1) is 10.1 Å². The van der Waals surface area contributed by atoms with Gasteiger partial charge in [0, 0.05) is 17.2 Å². The highest BCUT2D eigenvalue weighted by atomic mass is 35.5. The van der Waals surface area contributed by atoms with E-state index in [0.717, 1.165) is 0 Å². The molecule has 0 amide bonds. The van der Waals surface area contributed by atoms with Gasteiger partial charge < -0.3 is 9.47 Å². The number of hydrogen-bond acceptors (Lipinski definition) is 6. The van der Waals surface area contributed by atoms with Crippen LogP contribution >= 0.6 is 11.6 Å². The zero-order valence-corrected chi connectivity index (χ0v) is 18.9. The van der Waals surface area contributed by atoms with Gasteiger partial charge in [0.2, 0.25) is 11.5 Å². The number of esters is 1. The Bertz CT molecular complexity index is 1360. The highest BCUT2D eigenvalue weighted by Crippen LogP contribution is 2.37. The van der Waals surface area contributed by atoms with E-state index in [1.165, 1.54) is 42.5 Å². The van der Waals surface area contributed by atoms with Gasteiger partial charge in [-0.05, 0) is 30.3 Å². The molecule has 0 saturated carbocycles. The van der Waals surface area contributed by atoms with Gasteiger partial charge in [-0.25, -0.2) is 4.79 Å². The molecule has 4 aromatic rings. The van der Waals surface area contributed by atoms with Crippen LogP contribution < -0.4 is 4.74 Å². The molecule has 0 aliphatic carbocycles. The van der Waals surface area contributed by atoms with Crippen molar-refractivity contribution >= 4 is 29.0 Å². The van der Waals surface area contributed by atoms with Crippen LogP contribution in [0.15, 0.2) is 103 Å². The fraction of sp³-hybridized carbons (Fsp3) is 0.0370. The van der Waals surface area contributed by atoms with Crippen molar-refractivity contribution in [2.24, 2.45) is 0 Å². The van der Waals surface area contributed by atoms with E-state index >= 15 is 0 Å². The molecule has 0 N–H and O–H groups in total. The van der Waals surface area contributed by atoms with Gasteiger partial charge in [0.1, 0.15) is 5.75 Å². The van der Waals surface area contributed by atoms with E-state index in [9.17, 15) is 19.7 Å². The molecule has 0 fully saturated rings. The molecule has 7 nitrogen and oxygen atoms in total. The molecule has 0 spiro atoms. The van der Waals surface area contributed by atoms with Crippen molar-refractivity contribution in [2.75, 3.05) is 0 Å². The molecule has 35 heavy (non-hydrogen) atoms. The number of nitro benzene ring substituents is 1. The van der Waals surface area contributed by atoms with Crippen molar-refractivity contribution in [3.63, 3.8) is 0 Å². The van der Waals surface area contributed by atoms with Crippen LogP contribution in [-0.2, 0) is 4.74 Å². The first-order valence-electron chi connectivity index (χ1n) is 10.5. The predicted octanol–water partition coefficient (Wildman–Crippen LogP) is 6.82. The Labute approximate surface area is 205 Å². The summed E-state index contributed by atoms with van der Waals surface area (Å²) in [4.78, 5) is 36.7. The standard InChI is InChI=1S/C27H18ClNO6/c28-22-12-7-13-23(29(32)33)26(22)34-21-16-14-20(15-17-21)27(31)35-25(19-10-5-2-6-11-19)24(30)18-8-3-1-4-9-18/h1-17,25H/t25-/m1/s1. The molecular weight excluding hydrogens is 470 g/mol. The molecule has 0 aliphatic rings. The number of ether oxygens (including phenoxy) is 2. The monoisotopic (exact) mass is 487 g/mol. The minimum Gasteiger partial charge on any atom is -0.449 e. The third-order valence-corrected chi connectivity index (χ3v) is 5.37. The maximum absolute atomic E-state index is 13.1. The average Bonchev–Trinajstić information content (AvgIpc) is 2.89. The van der Waals surface area contributed by atoms with Crippen molar-refractivity contribution in [1.29, 1.82) is 0 Å². The van der Waals surface area contributed by atoms with Crippen molar-refractivity contribution in [3.8, 4) is 11.5 Å². The lowest BCUT2D eigenvalue weighted by Gasteiger charge is -2.17. The molecule has 0 aromatic heterocycles. The lowest BCUT2D eigenvalue weighted by Crippen LogP contribution is -2.20. The maximum Gasteiger partial charge on any atom is 0.339 e. The molecule has 4 aromatic carbocycles. The Morgan fingerprint density at radius 2 is 1.40 bits per heavy atom. The zero-order chi connectivity index (χ0) is 24.8. The molecule has 8 heteroatoms. The second kappa shape index (κ2) is 10.6. The average molecular weight is 488 g/mol. The third kappa shape index (κ3) is 5.54. The Morgan fingerprint density at radius 3 is 2.03 bits per heavy atom. The van der Waals surface area contributed by atoms with Crippen LogP contribution in [0.3, 0.4) is 0 Å². The minimum atomic E-state index is -1.13. The van der Waals surface area contributed by atoms with Gasteiger partial charge >= 0.3 is 11.7 Å². The number of para-hydroxylation sites is 1. The summed E-state index contributed by atoms with van der Waals surface area (Å²) in [7, 11) is 0. The first-order valence-corrected chi connectivity index (χ1v) is 10.9. The van der Waals surface area contributed by atoms with E-state index in [-0.39, 0.29) is 33.6 Å². The molecule has 0 radical (unpaired) electrons. The SMILES string of the molecule is O=C(O[C@@H](C(=O)c1ccccc1)c1ccccc1)c1ccc(Oc2c(Cl)cccc2[N+](=O)[O-])cc1. The highest BCUT2D eigenvalue weighted by Gasteiger charge is 2.27. The number of benzene rings is 4. The molecule has 174 valence electrons. The summed E-state index contributed by atoms with van der Waals surface area (Å²) in [6, 6.07) is 27.3. The number of halogens is 1. The predicted molar refractivity (Wildman–Crippen MR) is 130 cm³/mol. The highest BCUT2D eigenvalue weighted by molar-refractivity contribution is 6.32. The number of nitrogens with zero attached hydrogens (tertiary/aromatic N) is 1. The molecule has 0 saturated heterocycles. The quantitative estimate of drug-likeness (QED) is 0.117. The van der Waals surface area contributed by atoms with Crippen LogP contribution in [0.4, 0.5) is 5.69 Å². The molecule has 0 aliphatic heterocycles. The second-order valence-corrected chi connectivity index (χ2v) is 7.81. The van der Waals surface area contributed by atoms with Crippen molar-refractivity contribution in [2.45, 2.75) is 6.10 Å². The summed E-state index contributed by atoms with van der Waals surface area (Å²) < 4.78 is 11.2. The van der Waals surface area contributed by atoms with E-state index < -0.39 is 17.0 Å². The van der Waals surface area contributed by atoms with Gasteiger partial charge in [0.05, 0.1) is 15.5 Å². The summed E-state index contributed by atoms with van der Waals surface area (Å²) in [5, 5.41) is 11.3. The van der Waals surface area contributed by atoms with Crippen LogP contribution in [0.2, 0.25) is 5.02 Å². The number of carbonyl (C=O) groups excluding carboxylic acids is 2. The summed E-state index contributed by atoms with van der Waals surface area (Å²) in [6.07, 6.45) is -1.13. The van der Waals surface area contributed by atoms with E-state index in [2.05, 4.69) is 0 Å². The lowest BCUT2D eigenvalue weighted by molar-refractivity contribution is -0.385. The Hall–Kier alpha value is -4.49. The molecule has 0 unspecified atom stereocenters. The minimum absolute atomic E-state index is 0.0767. The molecule has 4 rings (SSSR count). The molecular formula is C27H18ClNO6.